The second kappa shape index (κ2) is 4.82. The van der Waals surface area contributed by atoms with Crippen LogP contribution in [0.2, 0.25) is 0 Å². The molecule has 0 spiro atoms. The van der Waals surface area contributed by atoms with Crippen LogP contribution in [0.25, 0.3) is 0 Å². The van der Waals surface area contributed by atoms with Gasteiger partial charge in [-0.1, -0.05) is 24.0 Å². The van der Waals surface area contributed by atoms with Gasteiger partial charge in [-0.05, 0) is 17.7 Å². The first kappa shape index (κ1) is 9.12. The summed E-state index contributed by atoms with van der Waals surface area (Å²) in [5, 5.41) is 8.75. The van der Waals surface area contributed by atoms with Crippen LogP contribution in [0.3, 0.4) is 0 Å². The molecule has 1 rings (SSSR count). The van der Waals surface area contributed by atoms with Crippen molar-refractivity contribution in [2.24, 2.45) is 0 Å². The van der Waals surface area contributed by atoms with E-state index >= 15 is 0 Å². The Morgan fingerprint density at radius 3 is 2.42 bits per heavy atom. The van der Waals surface area contributed by atoms with Crippen LogP contribution >= 0.6 is 11.6 Å². The molecule has 0 fully saturated rings. The van der Waals surface area contributed by atoms with Gasteiger partial charge >= 0.3 is 0 Å². The molecule has 0 atom stereocenters. The summed E-state index contributed by atoms with van der Waals surface area (Å²) in [6.07, 6.45) is 0. The lowest BCUT2D eigenvalue weighted by molar-refractivity contribution is 0.282. The van der Waals surface area contributed by atoms with Crippen molar-refractivity contribution >= 4 is 11.6 Å². The maximum absolute atomic E-state index is 8.75. The van der Waals surface area contributed by atoms with Gasteiger partial charge in [-0.25, -0.2) is 0 Å². The first-order valence-corrected chi connectivity index (χ1v) is 4.15. The van der Waals surface area contributed by atoms with Gasteiger partial charge in [-0.3, -0.25) is 0 Å². The van der Waals surface area contributed by atoms with E-state index < -0.39 is 0 Å². The maximum Gasteiger partial charge on any atom is 0.0839 e. The van der Waals surface area contributed by atoms with Crippen molar-refractivity contribution in [3.63, 3.8) is 0 Å². The molecular formula is C10H9ClO. The van der Waals surface area contributed by atoms with Gasteiger partial charge in [0.25, 0.3) is 0 Å². The number of benzene rings is 1. The molecule has 12 heavy (non-hydrogen) atoms. The molecule has 0 aromatic heterocycles. The molecule has 0 amide bonds. The van der Waals surface area contributed by atoms with E-state index in [1.807, 2.05) is 24.3 Å². The van der Waals surface area contributed by atoms with Gasteiger partial charge in [0.2, 0.25) is 0 Å². The maximum atomic E-state index is 8.75. The molecule has 0 aliphatic rings. The van der Waals surface area contributed by atoms with Gasteiger partial charge in [0.05, 0.1) is 12.5 Å². The quantitative estimate of drug-likeness (QED) is 0.516. The first-order valence-electron chi connectivity index (χ1n) is 3.61. The smallest absolute Gasteiger partial charge is 0.0839 e. The van der Waals surface area contributed by atoms with E-state index in [1.165, 1.54) is 0 Å². The predicted octanol–water partition coefficient (Wildman–Crippen LogP) is 1.77. The number of hydrogen-bond donors (Lipinski definition) is 1. The molecule has 0 bridgehead atoms. The Balaban J connectivity index is 2.78. The Hall–Kier alpha value is -0.970. The highest BCUT2D eigenvalue weighted by molar-refractivity contribution is 6.19. The number of aliphatic hydroxyl groups excluding tert-OH is 1. The Labute approximate surface area is 77.0 Å². The molecule has 0 saturated carbocycles. The summed E-state index contributed by atoms with van der Waals surface area (Å²) in [6.45, 7) is 0.0726. The lowest BCUT2D eigenvalue weighted by atomic mass is 10.1. The summed E-state index contributed by atoms with van der Waals surface area (Å²) in [6, 6.07) is 7.42. The fourth-order valence-electron chi connectivity index (χ4n) is 0.829. The highest BCUT2D eigenvalue weighted by Gasteiger charge is 1.88. The second-order valence-electron chi connectivity index (χ2n) is 2.29. The normalized spacial score (nSPS) is 8.83. The zero-order valence-electron chi connectivity index (χ0n) is 6.55. The van der Waals surface area contributed by atoms with Crippen molar-refractivity contribution in [1.29, 1.82) is 0 Å². The minimum Gasteiger partial charge on any atom is -0.392 e. The fourth-order valence-corrected chi connectivity index (χ4v) is 0.896. The summed E-state index contributed by atoms with van der Waals surface area (Å²) in [7, 11) is 0. The topological polar surface area (TPSA) is 20.2 Å². The predicted molar refractivity (Wildman–Crippen MR) is 50.0 cm³/mol. The standard InChI is InChI=1S/C10H9ClO/c11-7-1-2-9-3-5-10(8-12)6-4-9/h3-6,12H,7-8H2. The molecule has 0 heterocycles. The van der Waals surface area contributed by atoms with Crippen LogP contribution in [0, 0.1) is 11.8 Å². The second-order valence-corrected chi connectivity index (χ2v) is 2.56. The lowest BCUT2D eigenvalue weighted by Crippen LogP contribution is -1.82. The van der Waals surface area contributed by atoms with Crippen LogP contribution in [-0.4, -0.2) is 11.0 Å². The van der Waals surface area contributed by atoms with Crippen LogP contribution in [0.5, 0.6) is 0 Å². The van der Waals surface area contributed by atoms with Crippen molar-refractivity contribution in [2.75, 3.05) is 5.88 Å². The van der Waals surface area contributed by atoms with Gasteiger partial charge in [-0.15, -0.1) is 11.6 Å². The summed E-state index contributed by atoms with van der Waals surface area (Å²) in [5.41, 5.74) is 1.82. The van der Waals surface area contributed by atoms with Crippen molar-refractivity contribution in [3.8, 4) is 11.8 Å². The van der Waals surface area contributed by atoms with E-state index in [-0.39, 0.29) is 6.61 Å². The number of alkyl halides is 1. The summed E-state index contributed by atoms with van der Waals surface area (Å²) in [5.74, 6) is 5.99. The summed E-state index contributed by atoms with van der Waals surface area (Å²) >= 11 is 5.40. The Morgan fingerprint density at radius 1 is 1.25 bits per heavy atom. The third-order valence-corrected chi connectivity index (χ3v) is 1.57. The van der Waals surface area contributed by atoms with Crippen molar-refractivity contribution in [3.05, 3.63) is 35.4 Å². The summed E-state index contributed by atoms with van der Waals surface area (Å²) in [4.78, 5) is 0. The minimum absolute atomic E-state index is 0.0726. The van der Waals surface area contributed by atoms with E-state index in [0.29, 0.717) is 5.88 Å². The average Bonchev–Trinajstić information content (AvgIpc) is 2.15. The molecule has 1 N–H and O–H groups in total. The fraction of sp³-hybridized carbons (Fsp3) is 0.200. The number of rotatable bonds is 1. The third-order valence-electron chi connectivity index (χ3n) is 1.44. The monoisotopic (exact) mass is 180 g/mol. The van der Waals surface area contributed by atoms with Crippen LogP contribution in [0.15, 0.2) is 24.3 Å². The highest BCUT2D eigenvalue weighted by atomic mass is 35.5. The zero-order chi connectivity index (χ0) is 8.81. The molecule has 0 radical (unpaired) electrons. The molecule has 0 aliphatic heterocycles. The van der Waals surface area contributed by atoms with Crippen LogP contribution in [0.1, 0.15) is 11.1 Å². The van der Waals surface area contributed by atoms with Crippen molar-refractivity contribution in [1.82, 2.24) is 0 Å². The molecule has 0 aliphatic carbocycles. The molecule has 62 valence electrons. The Kier molecular flexibility index (Phi) is 3.66. The van der Waals surface area contributed by atoms with Crippen LogP contribution in [0.4, 0.5) is 0 Å². The zero-order valence-corrected chi connectivity index (χ0v) is 7.30. The SMILES string of the molecule is OCc1ccc(C#CCCl)cc1. The van der Waals surface area contributed by atoms with Crippen molar-refractivity contribution < 1.29 is 5.11 Å². The average molecular weight is 181 g/mol. The minimum atomic E-state index is 0.0726. The van der Waals surface area contributed by atoms with E-state index in [2.05, 4.69) is 11.8 Å². The largest absolute Gasteiger partial charge is 0.392 e. The van der Waals surface area contributed by atoms with Crippen LogP contribution in [-0.2, 0) is 6.61 Å². The number of hydrogen-bond acceptors (Lipinski definition) is 1. The van der Waals surface area contributed by atoms with Gasteiger partial charge in [0, 0.05) is 5.56 Å². The van der Waals surface area contributed by atoms with E-state index in [1.54, 1.807) is 0 Å². The number of aliphatic hydroxyl groups is 1. The molecule has 1 aromatic carbocycles. The van der Waals surface area contributed by atoms with Gasteiger partial charge in [0.15, 0.2) is 0 Å². The molecule has 2 heteroatoms. The van der Waals surface area contributed by atoms with E-state index in [9.17, 15) is 0 Å². The third kappa shape index (κ3) is 2.58. The summed E-state index contributed by atoms with van der Waals surface area (Å²) < 4.78 is 0. The molecular weight excluding hydrogens is 172 g/mol. The molecule has 0 unspecified atom stereocenters. The lowest BCUT2D eigenvalue weighted by Gasteiger charge is -1.94. The molecule has 0 saturated heterocycles. The van der Waals surface area contributed by atoms with E-state index in [4.69, 9.17) is 16.7 Å². The van der Waals surface area contributed by atoms with Gasteiger partial charge in [0.1, 0.15) is 0 Å². The van der Waals surface area contributed by atoms with Gasteiger partial charge < -0.3 is 5.11 Å². The Bertz CT molecular complexity index is 292. The van der Waals surface area contributed by atoms with Gasteiger partial charge in [-0.2, -0.15) is 0 Å². The Morgan fingerprint density at radius 2 is 1.92 bits per heavy atom. The molecule has 1 aromatic rings. The van der Waals surface area contributed by atoms with E-state index in [0.717, 1.165) is 11.1 Å². The molecule has 1 nitrogen and oxygen atoms in total. The first-order chi connectivity index (χ1) is 5.86. The number of halogens is 1. The van der Waals surface area contributed by atoms with Crippen molar-refractivity contribution in [2.45, 2.75) is 6.61 Å². The van der Waals surface area contributed by atoms with Crippen LogP contribution < -0.4 is 0 Å². The highest BCUT2D eigenvalue weighted by Crippen LogP contribution is 2.02.